The van der Waals surface area contributed by atoms with Gasteiger partial charge in [0, 0.05) is 5.69 Å². The average molecular weight is 312 g/mol. The number of ether oxygens (including phenoxy) is 2. The predicted molar refractivity (Wildman–Crippen MR) is 90.6 cm³/mol. The number of rotatable bonds is 2. The van der Waals surface area contributed by atoms with E-state index in [9.17, 15) is 4.79 Å². The summed E-state index contributed by atoms with van der Waals surface area (Å²) in [6.07, 6.45) is -0.0492. The van der Waals surface area contributed by atoms with Crippen LogP contribution < -0.4 is 19.7 Å². The maximum atomic E-state index is 12.7. The smallest absolute Gasteiger partial charge is 0.326 e. The molecule has 1 atom stereocenters. The molecule has 3 rings (SSSR count). The number of carbonyl (C=O) groups is 1. The monoisotopic (exact) mass is 312 g/mol. The van der Waals surface area contributed by atoms with Crippen molar-refractivity contribution in [2.75, 3.05) is 23.9 Å². The number of aryl methyl sites for hydroxylation is 1. The standard InChI is InChI=1S/C18H20N2O3/c1-12-4-9-17-16(10-12)20(11-13(2)23-17)18(21)19-14-5-7-15(22-3)8-6-14/h4-10,13H,11H2,1-3H3,(H,19,21)/t13-/m0/s1. The number of hydrogen-bond donors (Lipinski definition) is 1. The van der Waals surface area contributed by atoms with E-state index in [2.05, 4.69) is 5.32 Å². The van der Waals surface area contributed by atoms with Crippen molar-refractivity contribution in [2.45, 2.75) is 20.0 Å². The molecular formula is C18H20N2O3. The van der Waals surface area contributed by atoms with Gasteiger partial charge >= 0.3 is 6.03 Å². The van der Waals surface area contributed by atoms with Crippen LogP contribution in [0.25, 0.3) is 0 Å². The van der Waals surface area contributed by atoms with E-state index < -0.39 is 0 Å². The zero-order valence-electron chi connectivity index (χ0n) is 13.5. The second-order valence-electron chi connectivity index (χ2n) is 5.67. The fraction of sp³-hybridized carbons (Fsp3) is 0.278. The van der Waals surface area contributed by atoms with Crippen LogP contribution in [0.5, 0.6) is 11.5 Å². The quantitative estimate of drug-likeness (QED) is 0.917. The highest BCUT2D eigenvalue weighted by Crippen LogP contribution is 2.34. The van der Waals surface area contributed by atoms with Crippen molar-refractivity contribution in [3.05, 3.63) is 48.0 Å². The number of urea groups is 1. The normalized spacial score (nSPS) is 16.3. The molecule has 1 heterocycles. The molecule has 0 fully saturated rings. The first-order valence-electron chi connectivity index (χ1n) is 7.56. The van der Waals surface area contributed by atoms with Gasteiger partial charge in [-0.2, -0.15) is 0 Å². The minimum atomic E-state index is -0.169. The summed E-state index contributed by atoms with van der Waals surface area (Å²) in [5.74, 6) is 1.49. The molecule has 1 aliphatic heterocycles. The Morgan fingerprint density at radius 2 is 2.00 bits per heavy atom. The molecule has 2 aromatic rings. The van der Waals surface area contributed by atoms with Gasteiger partial charge in [0.1, 0.15) is 17.6 Å². The van der Waals surface area contributed by atoms with E-state index in [1.165, 1.54) is 0 Å². The minimum Gasteiger partial charge on any atom is -0.497 e. The number of nitrogens with one attached hydrogen (secondary N) is 1. The van der Waals surface area contributed by atoms with E-state index >= 15 is 0 Å². The summed E-state index contributed by atoms with van der Waals surface area (Å²) in [4.78, 5) is 14.4. The molecule has 5 heteroatoms. The number of hydrogen-bond acceptors (Lipinski definition) is 3. The van der Waals surface area contributed by atoms with Crippen LogP contribution in [0.2, 0.25) is 0 Å². The first kappa shape index (κ1) is 15.2. The van der Waals surface area contributed by atoms with E-state index in [1.54, 1.807) is 12.0 Å². The van der Waals surface area contributed by atoms with Crippen molar-refractivity contribution in [1.82, 2.24) is 0 Å². The van der Waals surface area contributed by atoms with E-state index in [-0.39, 0.29) is 12.1 Å². The summed E-state index contributed by atoms with van der Waals surface area (Å²) in [5.41, 5.74) is 2.61. The fourth-order valence-corrected chi connectivity index (χ4v) is 2.61. The summed E-state index contributed by atoms with van der Waals surface area (Å²) >= 11 is 0. The van der Waals surface area contributed by atoms with Gasteiger partial charge in [-0.25, -0.2) is 4.79 Å². The molecule has 23 heavy (non-hydrogen) atoms. The summed E-state index contributed by atoms with van der Waals surface area (Å²) in [6, 6.07) is 13.0. The lowest BCUT2D eigenvalue weighted by Gasteiger charge is -2.33. The third kappa shape index (κ3) is 3.23. The van der Waals surface area contributed by atoms with Crippen LogP contribution in [-0.4, -0.2) is 25.8 Å². The summed E-state index contributed by atoms with van der Waals surface area (Å²) in [7, 11) is 1.61. The molecule has 0 unspecified atom stereocenters. The predicted octanol–water partition coefficient (Wildman–Crippen LogP) is 3.82. The lowest BCUT2D eigenvalue weighted by molar-refractivity contribution is 0.208. The Morgan fingerprint density at radius 3 is 2.70 bits per heavy atom. The van der Waals surface area contributed by atoms with Crippen LogP contribution in [0, 0.1) is 6.92 Å². The zero-order valence-corrected chi connectivity index (χ0v) is 13.5. The van der Waals surface area contributed by atoms with Crippen LogP contribution in [-0.2, 0) is 0 Å². The molecule has 0 aromatic heterocycles. The lowest BCUT2D eigenvalue weighted by Crippen LogP contribution is -2.44. The topological polar surface area (TPSA) is 50.8 Å². The van der Waals surface area contributed by atoms with Crippen LogP contribution in [0.4, 0.5) is 16.2 Å². The van der Waals surface area contributed by atoms with Gasteiger partial charge in [-0.05, 0) is 55.8 Å². The minimum absolute atomic E-state index is 0.0492. The first-order valence-corrected chi connectivity index (χ1v) is 7.56. The highest BCUT2D eigenvalue weighted by molar-refractivity contribution is 6.03. The number of methoxy groups -OCH3 is 1. The van der Waals surface area contributed by atoms with Crippen LogP contribution in [0.3, 0.4) is 0 Å². The Morgan fingerprint density at radius 1 is 1.26 bits per heavy atom. The molecule has 5 nitrogen and oxygen atoms in total. The van der Waals surface area contributed by atoms with Crippen LogP contribution in [0.1, 0.15) is 12.5 Å². The SMILES string of the molecule is COc1ccc(NC(=O)N2C[C@H](C)Oc3ccc(C)cc32)cc1. The van der Waals surface area contributed by atoms with Gasteiger partial charge in [-0.15, -0.1) is 0 Å². The Hall–Kier alpha value is -2.69. The Bertz CT molecular complexity index is 713. The van der Waals surface area contributed by atoms with Gasteiger partial charge in [0.2, 0.25) is 0 Å². The second-order valence-corrected chi connectivity index (χ2v) is 5.67. The van der Waals surface area contributed by atoms with Crippen molar-refractivity contribution in [2.24, 2.45) is 0 Å². The molecular weight excluding hydrogens is 292 g/mol. The maximum Gasteiger partial charge on any atom is 0.326 e. The van der Waals surface area contributed by atoms with Gasteiger partial charge < -0.3 is 14.8 Å². The molecule has 2 amide bonds. The third-order valence-corrected chi connectivity index (χ3v) is 3.76. The number of amides is 2. The molecule has 1 N–H and O–H groups in total. The van der Waals surface area contributed by atoms with Crippen molar-refractivity contribution in [3.63, 3.8) is 0 Å². The molecule has 0 spiro atoms. The van der Waals surface area contributed by atoms with Gasteiger partial charge in [-0.1, -0.05) is 6.07 Å². The van der Waals surface area contributed by atoms with Crippen molar-refractivity contribution in [3.8, 4) is 11.5 Å². The molecule has 1 aliphatic rings. The van der Waals surface area contributed by atoms with Gasteiger partial charge in [-0.3, -0.25) is 4.90 Å². The molecule has 0 bridgehead atoms. The molecule has 120 valence electrons. The third-order valence-electron chi connectivity index (χ3n) is 3.76. The number of carbonyl (C=O) groups excluding carboxylic acids is 1. The maximum absolute atomic E-state index is 12.7. The summed E-state index contributed by atoms with van der Waals surface area (Å²) in [5, 5.41) is 2.92. The first-order chi connectivity index (χ1) is 11.1. The number of nitrogens with zero attached hydrogens (tertiary/aromatic N) is 1. The average Bonchev–Trinajstić information content (AvgIpc) is 2.55. The van der Waals surface area contributed by atoms with Gasteiger partial charge in [0.25, 0.3) is 0 Å². The lowest BCUT2D eigenvalue weighted by atomic mass is 10.1. The Labute approximate surface area is 135 Å². The highest BCUT2D eigenvalue weighted by Gasteiger charge is 2.27. The highest BCUT2D eigenvalue weighted by atomic mass is 16.5. The van der Waals surface area contributed by atoms with Gasteiger partial charge in [0.15, 0.2) is 0 Å². The van der Waals surface area contributed by atoms with E-state index in [4.69, 9.17) is 9.47 Å². The van der Waals surface area contributed by atoms with E-state index in [0.29, 0.717) is 6.54 Å². The summed E-state index contributed by atoms with van der Waals surface area (Å²) < 4.78 is 10.9. The van der Waals surface area contributed by atoms with Crippen molar-refractivity contribution >= 4 is 17.4 Å². The summed E-state index contributed by atoms with van der Waals surface area (Å²) in [6.45, 7) is 4.47. The fourth-order valence-electron chi connectivity index (χ4n) is 2.61. The number of fused-ring (bicyclic) bond motifs is 1. The molecule has 0 saturated carbocycles. The Balaban J connectivity index is 1.83. The Kier molecular flexibility index (Phi) is 4.10. The zero-order chi connectivity index (χ0) is 16.4. The number of benzene rings is 2. The van der Waals surface area contributed by atoms with Crippen molar-refractivity contribution in [1.29, 1.82) is 0 Å². The molecule has 0 radical (unpaired) electrons. The molecule has 0 aliphatic carbocycles. The van der Waals surface area contributed by atoms with Crippen LogP contribution >= 0.6 is 0 Å². The van der Waals surface area contributed by atoms with Gasteiger partial charge in [0.05, 0.1) is 19.3 Å². The van der Waals surface area contributed by atoms with E-state index in [1.807, 2.05) is 56.3 Å². The molecule has 2 aromatic carbocycles. The number of anilines is 2. The van der Waals surface area contributed by atoms with Crippen molar-refractivity contribution < 1.29 is 14.3 Å². The van der Waals surface area contributed by atoms with Crippen LogP contribution in [0.15, 0.2) is 42.5 Å². The largest absolute Gasteiger partial charge is 0.497 e. The second kappa shape index (κ2) is 6.20. The molecule has 0 saturated heterocycles. The van der Waals surface area contributed by atoms with E-state index in [0.717, 1.165) is 28.4 Å².